The van der Waals surface area contributed by atoms with Gasteiger partial charge in [0.05, 0.1) is 10.4 Å². The van der Waals surface area contributed by atoms with Crippen molar-refractivity contribution >= 4 is 27.0 Å². The molecule has 170 valence electrons. The first-order valence-corrected chi connectivity index (χ1v) is 11.9. The lowest BCUT2D eigenvalue weighted by Gasteiger charge is -2.35. The van der Waals surface area contributed by atoms with Crippen molar-refractivity contribution < 1.29 is 22.4 Å². The number of amides is 1. The summed E-state index contributed by atoms with van der Waals surface area (Å²) in [5.74, 6) is -0.0977. The Labute approximate surface area is 185 Å². The van der Waals surface area contributed by atoms with Crippen LogP contribution < -0.4 is 10.5 Å². The molecule has 1 saturated heterocycles. The zero-order valence-electron chi connectivity index (χ0n) is 17.9. The van der Waals surface area contributed by atoms with Crippen molar-refractivity contribution in [1.82, 2.24) is 13.8 Å². The van der Waals surface area contributed by atoms with Gasteiger partial charge in [0.1, 0.15) is 5.75 Å². The predicted molar refractivity (Wildman–Crippen MR) is 118 cm³/mol. The number of hydrogen-bond donors (Lipinski definition) is 0. The highest BCUT2D eigenvalue weighted by Gasteiger charge is 2.32. The molecule has 4 rings (SSSR count). The average molecular weight is 460 g/mol. The Kier molecular flexibility index (Phi) is 6.07. The zero-order chi connectivity index (χ0) is 22.9. The lowest BCUT2D eigenvalue weighted by molar-refractivity contribution is -0.139. The van der Waals surface area contributed by atoms with Crippen molar-refractivity contribution in [2.24, 2.45) is 0 Å². The van der Waals surface area contributed by atoms with Crippen molar-refractivity contribution in [3.05, 3.63) is 59.1 Å². The van der Waals surface area contributed by atoms with Gasteiger partial charge in [-0.3, -0.25) is 9.36 Å². The number of sulfonamides is 1. The topological polar surface area (TPSA) is 102 Å². The monoisotopic (exact) mass is 459 g/mol. The molecule has 1 aliphatic heterocycles. The van der Waals surface area contributed by atoms with E-state index in [2.05, 4.69) is 0 Å². The normalized spacial score (nSPS) is 16.2. The summed E-state index contributed by atoms with van der Waals surface area (Å²) in [4.78, 5) is 26.3. The number of piperazine rings is 1. The van der Waals surface area contributed by atoms with Crippen LogP contribution in [-0.2, 0) is 21.4 Å². The van der Waals surface area contributed by atoms with E-state index < -0.39 is 21.9 Å². The number of rotatable bonds is 6. The van der Waals surface area contributed by atoms with Gasteiger partial charge in [0.15, 0.2) is 11.7 Å². The molecule has 1 atom stereocenters. The summed E-state index contributed by atoms with van der Waals surface area (Å²) in [6.07, 6.45) is -0.673. The summed E-state index contributed by atoms with van der Waals surface area (Å²) >= 11 is 0. The molecule has 9 nitrogen and oxygen atoms in total. The number of benzene rings is 2. The highest BCUT2D eigenvalue weighted by atomic mass is 32.2. The van der Waals surface area contributed by atoms with Gasteiger partial charge in [0.2, 0.25) is 10.0 Å². The minimum atomic E-state index is -3.79. The van der Waals surface area contributed by atoms with E-state index in [-0.39, 0.29) is 42.6 Å². The maximum absolute atomic E-state index is 13.1. The maximum atomic E-state index is 13.1. The van der Waals surface area contributed by atoms with Gasteiger partial charge in [0, 0.05) is 38.8 Å². The third-order valence-corrected chi connectivity index (χ3v) is 7.44. The van der Waals surface area contributed by atoms with Crippen LogP contribution in [0.25, 0.3) is 11.1 Å². The molecule has 0 radical (unpaired) electrons. The second-order valence-electron chi connectivity index (χ2n) is 7.54. The molecule has 2 aromatic carbocycles. The summed E-state index contributed by atoms with van der Waals surface area (Å²) in [6.45, 7) is 4.81. The molecular weight excluding hydrogens is 434 g/mol. The number of nitrogens with zero attached hydrogens (tertiary/aromatic N) is 3. The number of para-hydroxylation sites is 1. The van der Waals surface area contributed by atoms with E-state index in [9.17, 15) is 18.0 Å². The lowest BCUT2D eigenvalue weighted by Crippen LogP contribution is -2.53. The van der Waals surface area contributed by atoms with Crippen molar-refractivity contribution in [3.8, 4) is 5.75 Å². The van der Waals surface area contributed by atoms with Crippen LogP contribution >= 0.6 is 0 Å². The second-order valence-corrected chi connectivity index (χ2v) is 9.48. The van der Waals surface area contributed by atoms with Gasteiger partial charge >= 0.3 is 5.76 Å². The van der Waals surface area contributed by atoms with Crippen LogP contribution in [-0.4, -0.2) is 60.4 Å². The Balaban J connectivity index is 1.43. The minimum Gasteiger partial charge on any atom is -0.481 e. The van der Waals surface area contributed by atoms with Gasteiger partial charge < -0.3 is 14.1 Å². The van der Waals surface area contributed by atoms with E-state index in [1.165, 1.54) is 21.0 Å². The average Bonchev–Trinajstić information content (AvgIpc) is 3.13. The van der Waals surface area contributed by atoms with Crippen LogP contribution in [0, 0.1) is 0 Å². The SMILES string of the molecule is CCn1c(=O)oc2cc(S(=O)(=O)N3CCN(C(=O)[C@H](C)Oc4ccccc4)CC3)ccc21. The van der Waals surface area contributed by atoms with E-state index in [1.54, 1.807) is 30.0 Å². The first kappa shape index (κ1) is 22.1. The first-order chi connectivity index (χ1) is 15.3. The second kappa shape index (κ2) is 8.79. The van der Waals surface area contributed by atoms with Crippen LogP contribution in [0.1, 0.15) is 13.8 Å². The number of aromatic nitrogens is 1. The van der Waals surface area contributed by atoms with Crippen LogP contribution in [0.15, 0.2) is 62.6 Å². The molecule has 1 aromatic heterocycles. The molecule has 10 heteroatoms. The summed E-state index contributed by atoms with van der Waals surface area (Å²) in [5, 5.41) is 0. The largest absolute Gasteiger partial charge is 0.481 e. The van der Waals surface area contributed by atoms with Crippen LogP contribution in [0.3, 0.4) is 0 Å². The molecule has 1 fully saturated rings. The number of carbonyl (C=O) groups excluding carboxylic acids is 1. The standard InChI is InChI=1S/C22H25N3O6S/c1-3-25-19-10-9-18(15-20(19)31-22(25)27)32(28,29)24-13-11-23(12-14-24)21(26)16(2)30-17-7-5-4-6-8-17/h4-10,15-16H,3,11-14H2,1-2H3/t16-/m0/s1. The van der Waals surface area contributed by atoms with E-state index in [1.807, 2.05) is 25.1 Å². The van der Waals surface area contributed by atoms with Gasteiger partial charge in [0.25, 0.3) is 5.91 Å². The molecule has 0 aliphatic carbocycles. The van der Waals surface area contributed by atoms with Crippen molar-refractivity contribution in [2.45, 2.75) is 31.4 Å². The van der Waals surface area contributed by atoms with Crippen molar-refractivity contribution in [2.75, 3.05) is 26.2 Å². The highest BCUT2D eigenvalue weighted by molar-refractivity contribution is 7.89. The zero-order valence-corrected chi connectivity index (χ0v) is 18.7. The fraction of sp³-hybridized carbons (Fsp3) is 0.364. The summed E-state index contributed by atoms with van der Waals surface area (Å²) < 4.78 is 39.9. The molecular formula is C22H25N3O6S. The summed E-state index contributed by atoms with van der Waals surface area (Å²) in [6, 6.07) is 13.5. The Hall–Kier alpha value is -3.11. The van der Waals surface area contributed by atoms with E-state index >= 15 is 0 Å². The van der Waals surface area contributed by atoms with Gasteiger partial charge in [-0.2, -0.15) is 4.31 Å². The highest BCUT2D eigenvalue weighted by Crippen LogP contribution is 2.23. The van der Waals surface area contributed by atoms with Gasteiger partial charge in [-0.05, 0) is 38.1 Å². The van der Waals surface area contributed by atoms with Crippen LogP contribution in [0.4, 0.5) is 0 Å². The van der Waals surface area contributed by atoms with Gasteiger partial charge in [-0.1, -0.05) is 18.2 Å². The summed E-state index contributed by atoms with van der Waals surface area (Å²) in [7, 11) is -3.79. The minimum absolute atomic E-state index is 0.0579. The molecule has 0 unspecified atom stereocenters. The van der Waals surface area contributed by atoms with E-state index in [4.69, 9.17) is 9.15 Å². The van der Waals surface area contributed by atoms with Crippen molar-refractivity contribution in [1.29, 1.82) is 0 Å². The molecule has 3 aromatic rings. The number of oxazole rings is 1. The quantitative estimate of drug-likeness (QED) is 0.558. The van der Waals surface area contributed by atoms with Gasteiger partial charge in [-0.15, -0.1) is 0 Å². The molecule has 2 heterocycles. The molecule has 0 saturated carbocycles. The fourth-order valence-corrected chi connectivity index (χ4v) is 5.25. The number of aryl methyl sites for hydroxylation is 1. The Morgan fingerprint density at radius 2 is 1.78 bits per heavy atom. The van der Waals surface area contributed by atoms with Crippen molar-refractivity contribution in [3.63, 3.8) is 0 Å². The Morgan fingerprint density at radius 3 is 2.44 bits per heavy atom. The molecule has 0 spiro atoms. The summed E-state index contributed by atoms with van der Waals surface area (Å²) in [5.41, 5.74) is 0.790. The first-order valence-electron chi connectivity index (χ1n) is 10.5. The van der Waals surface area contributed by atoms with E-state index in [0.717, 1.165) is 0 Å². The maximum Gasteiger partial charge on any atom is 0.419 e. The number of ether oxygens (including phenoxy) is 1. The number of carbonyl (C=O) groups is 1. The number of hydrogen-bond acceptors (Lipinski definition) is 6. The molecule has 0 bridgehead atoms. The molecule has 0 N–H and O–H groups in total. The van der Waals surface area contributed by atoms with Crippen LogP contribution in [0.5, 0.6) is 5.75 Å². The van der Waals surface area contributed by atoms with Gasteiger partial charge in [-0.25, -0.2) is 13.2 Å². The molecule has 32 heavy (non-hydrogen) atoms. The Morgan fingerprint density at radius 1 is 1.09 bits per heavy atom. The molecule has 1 aliphatic rings. The third kappa shape index (κ3) is 4.15. The van der Waals surface area contributed by atoms with E-state index in [0.29, 0.717) is 17.8 Å². The lowest BCUT2D eigenvalue weighted by atomic mass is 10.3. The molecule has 1 amide bonds. The number of fused-ring (bicyclic) bond motifs is 1. The Bertz CT molecular complexity index is 1270. The predicted octanol–water partition coefficient (Wildman–Crippen LogP) is 1.91. The smallest absolute Gasteiger partial charge is 0.419 e. The van der Waals surface area contributed by atoms with Crippen LogP contribution in [0.2, 0.25) is 0 Å². The third-order valence-electron chi connectivity index (χ3n) is 5.55. The fourth-order valence-electron chi connectivity index (χ4n) is 3.82.